The maximum Gasteiger partial charge on any atom is 0.127 e. The van der Waals surface area contributed by atoms with Gasteiger partial charge in [0.1, 0.15) is 5.15 Å². The molecule has 0 saturated heterocycles. The van der Waals surface area contributed by atoms with Gasteiger partial charge in [0.15, 0.2) is 0 Å². The molecule has 0 fully saturated rings. The van der Waals surface area contributed by atoms with E-state index in [1.807, 2.05) is 28.9 Å². The molecule has 0 unspecified atom stereocenters. The van der Waals surface area contributed by atoms with E-state index in [9.17, 15) is 0 Å². The Balaban J connectivity index is 1.60. The zero-order valence-corrected chi connectivity index (χ0v) is 13.3. The Hall–Kier alpha value is -2.52. The van der Waals surface area contributed by atoms with Crippen molar-refractivity contribution in [1.82, 2.24) is 14.3 Å². The molecule has 0 spiro atoms. The highest BCUT2D eigenvalue weighted by molar-refractivity contribution is 6.29. The lowest BCUT2D eigenvalue weighted by Crippen LogP contribution is -2.04. The van der Waals surface area contributed by atoms with E-state index in [0.29, 0.717) is 11.7 Å². The second kappa shape index (κ2) is 5.94. The zero-order valence-electron chi connectivity index (χ0n) is 12.6. The Morgan fingerprint density at radius 2 is 1.65 bits per heavy atom. The maximum absolute atomic E-state index is 6.34. The number of hydrogen-bond donors (Lipinski definition) is 0. The molecule has 3 nitrogen and oxygen atoms in total. The minimum Gasteiger partial charge on any atom is -0.341 e. The third kappa shape index (κ3) is 2.88. The number of nitrogens with zero attached hydrogens (tertiary/aromatic N) is 3. The summed E-state index contributed by atoms with van der Waals surface area (Å²) in [5.74, 6) is 0. The molecular weight excluding hydrogens is 306 g/mol. The lowest BCUT2D eigenvalue weighted by atomic mass is 10.2. The Morgan fingerprint density at radius 3 is 2.52 bits per heavy atom. The number of fused-ring (bicyclic) bond motifs is 1. The molecule has 0 saturated carbocycles. The second-order valence-corrected chi connectivity index (χ2v) is 5.99. The van der Waals surface area contributed by atoms with Crippen LogP contribution in [0.15, 0.2) is 72.9 Å². The van der Waals surface area contributed by atoms with E-state index < -0.39 is 0 Å². The van der Waals surface area contributed by atoms with Crippen molar-refractivity contribution in [2.75, 3.05) is 0 Å². The van der Waals surface area contributed by atoms with Gasteiger partial charge in [-0.05, 0) is 23.1 Å². The van der Waals surface area contributed by atoms with Crippen LogP contribution in [0.3, 0.4) is 0 Å². The fraction of sp³-hybridized carbons (Fsp3) is 0.105. The Morgan fingerprint density at radius 1 is 0.870 bits per heavy atom. The van der Waals surface area contributed by atoms with Gasteiger partial charge in [0.25, 0.3) is 0 Å². The Labute approximate surface area is 139 Å². The molecule has 114 valence electrons. The van der Waals surface area contributed by atoms with Gasteiger partial charge in [-0.15, -0.1) is 0 Å². The predicted octanol–water partition coefficient (Wildman–Crippen LogP) is 4.59. The molecule has 0 N–H and O–H groups in total. The highest BCUT2D eigenvalue weighted by Gasteiger charge is 2.08. The molecule has 0 atom stereocenters. The molecule has 4 heteroatoms. The van der Waals surface area contributed by atoms with Gasteiger partial charge in [-0.3, -0.25) is 0 Å². The van der Waals surface area contributed by atoms with Crippen LogP contribution in [-0.4, -0.2) is 14.3 Å². The van der Waals surface area contributed by atoms with Crippen LogP contribution in [0.2, 0.25) is 5.15 Å². The molecular formula is C19H16ClN3. The van der Waals surface area contributed by atoms with E-state index in [0.717, 1.165) is 12.2 Å². The van der Waals surface area contributed by atoms with E-state index in [2.05, 4.69) is 58.3 Å². The maximum atomic E-state index is 6.34. The van der Waals surface area contributed by atoms with Crippen LogP contribution < -0.4 is 0 Å². The fourth-order valence-electron chi connectivity index (χ4n) is 2.84. The molecule has 0 aliphatic carbocycles. The van der Waals surface area contributed by atoms with Gasteiger partial charge in [-0.1, -0.05) is 60.1 Å². The smallest absolute Gasteiger partial charge is 0.127 e. The van der Waals surface area contributed by atoms with Crippen molar-refractivity contribution in [2.24, 2.45) is 0 Å². The van der Waals surface area contributed by atoms with Gasteiger partial charge >= 0.3 is 0 Å². The van der Waals surface area contributed by atoms with Crippen LogP contribution in [0.1, 0.15) is 11.3 Å². The topological polar surface area (TPSA) is 22.8 Å². The summed E-state index contributed by atoms with van der Waals surface area (Å²) in [7, 11) is 0. The van der Waals surface area contributed by atoms with Gasteiger partial charge in [-0.25, -0.2) is 4.68 Å². The van der Waals surface area contributed by atoms with Crippen molar-refractivity contribution < 1.29 is 0 Å². The van der Waals surface area contributed by atoms with Gasteiger partial charge in [0, 0.05) is 17.8 Å². The van der Waals surface area contributed by atoms with Crippen LogP contribution in [0.5, 0.6) is 0 Å². The first-order chi connectivity index (χ1) is 11.3. The molecule has 0 aliphatic rings. The summed E-state index contributed by atoms with van der Waals surface area (Å²) < 4.78 is 4.04. The third-order valence-electron chi connectivity index (χ3n) is 3.97. The van der Waals surface area contributed by atoms with E-state index >= 15 is 0 Å². The summed E-state index contributed by atoms with van der Waals surface area (Å²) in [6.45, 7) is 1.40. The lowest BCUT2D eigenvalue weighted by Gasteiger charge is -2.04. The highest BCUT2D eigenvalue weighted by Crippen LogP contribution is 2.19. The first-order valence-electron chi connectivity index (χ1n) is 7.59. The molecule has 0 radical (unpaired) electrons. The monoisotopic (exact) mass is 321 g/mol. The van der Waals surface area contributed by atoms with Crippen molar-refractivity contribution >= 4 is 22.5 Å². The molecule has 23 heavy (non-hydrogen) atoms. The largest absolute Gasteiger partial charge is 0.341 e. The number of aromatic nitrogens is 3. The van der Waals surface area contributed by atoms with Gasteiger partial charge in [-0.2, -0.15) is 5.10 Å². The average Bonchev–Trinajstić information content (AvgIpc) is 3.13. The van der Waals surface area contributed by atoms with Gasteiger partial charge in [0.05, 0.1) is 18.8 Å². The first kappa shape index (κ1) is 14.1. The number of rotatable bonds is 4. The number of benzene rings is 2. The van der Waals surface area contributed by atoms with Crippen molar-refractivity contribution in [1.29, 1.82) is 0 Å². The summed E-state index contributed by atoms with van der Waals surface area (Å²) in [5, 5.41) is 6.56. The second-order valence-electron chi connectivity index (χ2n) is 5.60. The molecule has 0 amide bonds. The predicted molar refractivity (Wildman–Crippen MR) is 93.8 cm³/mol. The van der Waals surface area contributed by atoms with E-state index in [1.165, 1.54) is 16.5 Å². The van der Waals surface area contributed by atoms with E-state index in [-0.39, 0.29) is 0 Å². The van der Waals surface area contributed by atoms with Crippen LogP contribution in [-0.2, 0) is 13.1 Å². The van der Waals surface area contributed by atoms with Crippen LogP contribution in [0.25, 0.3) is 10.9 Å². The van der Waals surface area contributed by atoms with Gasteiger partial charge < -0.3 is 4.57 Å². The van der Waals surface area contributed by atoms with Crippen molar-refractivity contribution in [3.63, 3.8) is 0 Å². The third-order valence-corrected chi connectivity index (χ3v) is 4.27. The zero-order chi connectivity index (χ0) is 15.6. The van der Waals surface area contributed by atoms with Crippen molar-refractivity contribution in [3.8, 4) is 0 Å². The lowest BCUT2D eigenvalue weighted by molar-refractivity contribution is 0.661. The first-order valence-corrected chi connectivity index (χ1v) is 7.97. The van der Waals surface area contributed by atoms with Crippen LogP contribution in [0, 0.1) is 0 Å². The molecule has 2 heterocycles. The van der Waals surface area contributed by atoms with Gasteiger partial charge in [0.2, 0.25) is 0 Å². The SMILES string of the molecule is Clc1cc(Cn2ccc3ccccc32)nn1Cc1ccccc1. The molecule has 4 aromatic rings. The number of hydrogen-bond acceptors (Lipinski definition) is 1. The molecule has 0 bridgehead atoms. The summed E-state index contributed by atoms with van der Waals surface area (Å²) >= 11 is 6.34. The highest BCUT2D eigenvalue weighted by atomic mass is 35.5. The average molecular weight is 322 g/mol. The van der Waals surface area contributed by atoms with Crippen LogP contribution in [0.4, 0.5) is 0 Å². The quantitative estimate of drug-likeness (QED) is 0.539. The number of halogens is 1. The van der Waals surface area contributed by atoms with Crippen LogP contribution >= 0.6 is 11.6 Å². The number of para-hydroxylation sites is 1. The molecule has 2 aromatic heterocycles. The molecule has 2 aromatic carbocycles. The fourth-order valence-corrected chi connectivity index (χ4v) is 3.06. The molecule has 0 aliphatic heterocycles. The Bertz CT molecular complexity index is 938. The van der Waals surface area contributed by atoms with Crippen molar-refractivity contribution in [2.45, 2.75) is 13.1 Å². The minimum atomic E-state index is 0.667. The summed E-state index contributed by atoms with van der Waals surface area (Å²) in [6.07, 6.45) is 2.09. The summed E-state index contributed by atoms with van der Waals surface area (Å²) in [5.41, 5.74) is 3.36. The summed E-state index contributed by atoms with van der Waals surface area (Å²) in [6, 6.07) is 22.6. The van der Waals surface area contributed by atoms with Crippen molar-refractivity contribution in [3.05, 3.63) is 89.3 Å². The standard InChI is InChI=1S/C19H16ClN3/c20-19-12-17(21-23(19)13-15-6-2-1-3-7-15)14-22-11-10-16-8-4-5-9-18(16)22/h1-12H,13-14H2. The normalized spacial score (nSPS) is 11.2. The Kier molecular flexibility index (Phi) is 3.64. The van der Waals surface area contributed by atoms with E-state index in [4.69, 9.17) is 11.6 Å². The van der Waals surface area contributed by atoms with E-state index in [1.54, 1.807) is 0 Å². The summed E-state index contributed by atoms with van der Waals surface area (Å²) in [4.78, 5) is 0. The molecule has 4 rings (SSSR count). The minimum absolute atomic E-state index is 0.667.